The van der Waals surface area contributed by atoms with Crippen LogP contribution in [0.3, 0.4) is 0 Å². The number of ether oxygens (including phenoxy) is 2. The molecule has 0 amide bonds. The average Bonchev–Trinajstić information content (AvgIpc) is 3.13. The maximum Gasteiger partial charge on any atom is 0.129 e. The van der Waals surface area contributed by atoms with Crippen LogP contribution in [0.15, 0.2) is 66.7 Å². The Balaban J connectivity index is 1.49. The van der Waals surface area contributed by atoms with Crippen LogP contribution in [0.2, 0.25) is 0 Å². The lowest BCUT2D eigenvalue weighted by molar-refractivity contribution is 0.00959. The van der Waals surface area contributed by atoms with E-state index in [1.54, 1.807) is 0 Å². The molecule has 156 valence electrons. The van der Waals surface area contributed by atoms with Crippen molar-refractivity contribution in [1.29, 1.82) is 0 Å². The quantitative estimate of drug-likeness (QED) is 0.349. The molecule has 0 bridgehead atoms. The van der Waals surface area contributed by atoms with Crippen LogP contribution in [0.4, 0.5) is 5.69 Å². The molecule has 1 heterocycles. The Hall–Kier alpha value is -3.02. The molecule has 0 spiro atoms. The Labute approximate surface area is 177 Å². The van der Waals surface area contributed by atoms with Gasteiger partial charge in [-0.25, -0.2) is 0 Å². The minimum Gasteiger partial charge on any atom is -0.490 e. The highest BCUT2D eigenvalue weighted by Gasteiger charge is 2.14. The molecule has 5 nitrogen and oxygen atoms in total. The number of nitrogens with two attached hydrogens (primary N) is 1. The summed E-state index contributed by atoms with van der Waals surface area (Å²) >= 11 is 0. The number of H-pyrrole nitrogens is 1. The number of para-hydroxylation sites is 1. The molecule has 3 aromatic carbocycles. The molecule has 0 aliphatic heterocycles. The molecule has 4 rings (SSSR count). The third-order valence-electron chi connectivity index (χ3n) is 5.14. The van der Waals surface area contributed by atoms with Crippen molar-refractivity contribution in [2.24, 2.45) is 0 Å². The summed E-state index contributed by atoms with van der Waals surface area (Å²) in [5.41, 5.74) is 9.82. The third kappa shape index (κ3) is 4.75. The molecule has 0 saturated carbocycles. The third-order valence-corrected chi connectivity index (χ3v) is 5.14. The fourth-order valence-electron chi connectivity index (χ4n) is 3.53. The van der Waals surface area contributed by atoms with Gasteiger partial charge in [-0.15, -0.1) is 0 Å². The lowest BCUT2D eigenvalue weighted by Gasteiger charge is -2.21. The first-order chi connectivity index (χ1) is 14.6. The molecule has 5 heteroatoms. The van der Waals surface area contributed by atoms with E-state index >= 15 is 0 Å². The van der Waals surface area contributed by atoms with Crippen molar-refractivity contribution < 1.29 is 9.47 Å². The van der Waals surface area contributed by atoms with Gasteiger partial charge in [0.15, 0.2) is 0 Å². The van der Waals surface area contributed by atoms with Gasteiger partial charge < -0.3 is 25.5 Å². The topological polar surface area (TPSA) is 72.3 Å². The van der Waals surface area contributed by atoms with Crippen LogP contribution in [-0.4, -0.2) is 30.3 Å². The molecule has 0 radical (unpaired) electrons. The van der Waals surface area contributed by atoms with E-state index in [2.05, 4.69) is 48.4 Å². The normalized spacial score (nSPS) is 12.6. The second kappa shape index (κ2) is 9.20. The van der Waals surface area contributed by atoms with Crippen molar-refractivity contribution in [3.8, 4) is 5.75 Å². The summed E-state index contributed by atoms with van der Waals surface area (Å²) in [4.78, 5) is 3.46. The first-order valence-corrected chi connectivity index (χ1v) is 10.4. The Kier molecular flexibility index (Phi) is 6.21. The van der Waals surface area contributed by atoms with E-state index in [1.165, 1.54) is 5.39 Å². The number of nitrogens with one attached hydrogen (secondary N) is 2. The SMILES string of the molecule is CC(C)NCC(COc1cccc2[nH]c3ccccc3c12)OCc1ccc(N)cc1. The highest BCUT2D eigenvalue weighted by atomic mass is 16.5. The van der Waals surface area contributed by atoms with E-state index in [0.29, 0.717) is 19.3 Å². The standard InChI is InChI=1S/C25H29N3O2/c1-17(2)27-14-20(29-15-18-10-12-19(26)13-11-18)16-30-24-9-5-8-23-25(24)21-6-3-4-7-22(21)28-23/h3-13,17,20,27-28H,14-16,26H2,1-2H3. The molecule has 30 heavy (non-hydrogen) atoms. The number of rotatable bonds is 9. The molecule has 1 aromatic heterocycles. The zero-order valence-corrected chi connectivity index (χ0v) is 17.5. The first kappa shape index (κ1) is 20.3. The van der Waals surface area contributed by atoms with Gasteiger partial charge >= 0.3 is 0 Å². The van der Waals surface area contributed by atoms with Crippen molar-refractivity contribution in [3.05, 3.63) is 72.3 Å². The van der Waals surface area contributed by atoms with Crippen LogP contribution in [-0.2, 0) is 11.3 Å². The zero-order valence-electron chi connectivity index (χ0n) is 17.5. The van der Waals surface area contributed by atoms with Gasteiger partial charge in [-0.05, 0) is 35.9 Å². The molecule has 1 atom stereocenters. The van der Waals surface area contributed by atoms with Crippen LogP contribution in [0, 0.1) is 0 Å². The van der Waals surface area contributed by atoms with Gasteiger partial charge in [0.2, 0.25) is 0 Å². The number of hydrogen-bond donors (Lipinski definition) is 3. The number of aromatic nitrogens is 1. The van der Waals surface area contributed by atoms with Crippen molar-refractivity contribution in [1.82, 2.24) is 10.3 Å². The molecule has 0 aliphatic rings. The minimum absolute atomic E-state index is 0.0783. The monoisotopic (exact) mass is 403 g/mol. The second-order valence-electron chi connectivity index (χ2n) is 7.90. The molecular formula is C25H29N3O2. The smallest absolute Gasteiger partial charge is 0.129 e. The van der Waals surface area contributed by atoms with Gasteiger partial charge in [-0.1, -0.05) is 50.2 Å². The van der Waals surface area contributed by atoms with E-state index in [-0.39, 0.29) is 6.10 Å². The van der Waals surface area contributed by atoms with Crippen molar-refractivity contribution >= 4 is 27.5 Å². The van der Waals surface area contributed by atoms with Crippen LogP contribution in [0.25, 0.3) is 21.8 Å². The molecule has 1 unspecified atom stereocenters. The highest BCUT2D eigenvalue weighted by molar-refractivity contribution is 6.10. The van der Waals surface area contributed by atoms with Gasteiger partial charge in [-0.3, -0.25) is 0 Å². The average molecular weight is 404 g/mol. The van der Waals surface area contributed by atoms with Crippen LogP contribution in [0.1, 0.15) is 19.4 Å². The van der Waals surface area contributed by atoms with Crippen molar-refractivity contribution in [3.63, 3.8) is 0 Å². The maximum absolute atomic E-state index is 6.28. The Morgan fingerprint density at radius 3 is 2.50 bits per heavy atom. The van der Waals surface area contributed by atoms with Gasteiger partial charge in [0, 0.05) is 34.6 Å². The Morgan fingerprint density at radius 2 is 1.70 bits per heavy atom. The lowest BCUT2D eigenvalue weighted by atomic mass is 10.1. The zero-order chi connectivity index (χ0) is 20.9. The largest absolute Gasteiger partial charge is 0.490 e. The fourth-order valence-corrected chi connectivity index (χ4v) is 3.53. The van der Waals surface area contributed by atoms with Gasteiger partial charge in [-0.2, -0.15) is 0 Å². The molecule has 4 aromatic rings. The summed E-state index contributed by atoms with van der Waals surface area (Å²) in [6.45, 7) is 5.96. The summed E-state index contributed by atoms with van der Waals surface area (Å²) in [5.74, 6) is 0.871. The summed E-state index contributed by atoms with van der Waals surface area (Å²) in [6.07, 6.45) is -0.0783. The minimum atomic E-state index is -0.0783. The van der Waals surface area contributed by atoms with E-state index in [0.717, 1.165) is 40.0 Å². The van der Waals surface area contributed by atoms with E-state index < -0.39 is 0 Å². The molecular weight excluding hydrogens is 374 g/mol. The maximum atomic E-state index is 6.28. The number of fused-ring (bicyclic) bond motifs is 3. The lowest BCUT2D eigenvalue weighted by Crippen LogP contribution is -2.37. The predicted molar refractivity (Wildman–Crippen MR) is 124 cm³/mol. The van der Waals surface area contributed by atoms with E-state index in [4.69, 9.17) is 15.2 Å². The molecule has 0 fully saturated rings. The van der Waals surface area contributed by atoms with Crippen LogP contribution < -0.4 is 15.8 Å². The van der Waals surface area contributed by atoms with Gasteiger partial charge in [0.1, 0.15) is 18.5 Å². The predicted octanol–water partition coefficient (Wildman–Crippen LogP) is 4.87. The Bertz CT molecular complexity index is 1100. The van der Waals surface area contributed by atoms with Gasteiger partial charge in [0.25, 0.3) is 0 Å². The summed E-state index contributed by atoms with van der Waals surface area (Å²) in [6, 6.07) is 22.6. The number of anilines is 1. The van der Waals surface area contributed by atoms with Crippen molar-refractivity contribution in [2.75, 3.05) is 18.9 Å². The van der Waals surface area contributed by atoms with Crippen LogP contribution in [0.5, 0.6) is 5.75 Å². The Morgan fingerprint density at radius 1 is 0.933 bits per heavy atom. The molecule has 0 aliphatic carbocycles. The first-order valence-electron chi connectivity index (χ1n) is 10.4. The number of aromatic amines is 1. The number of benzene rings is 3. The fraction of sp³-hybridized carbons (Fsp3) is 0.280. The van der Waals surface area contributed by atoms with E-state index in [9.17, 15) is 0 Å². The van der Waals surface area contributed by atoms with E-state index in [1.807, 2.05) is 42.5 Å². The van der Waals surface area contributed by atoms with Crippen LogP contribution >= 0.6 is 0 Å². The number of hydrogen-bond acceptors (Lipinski definition) is 4. The molecule has 0 saturated heterocycles. The number of nitrogen functional groups attached to an aromatic ring is 1. The summed E-state index contributed by atoms with van der Waals surface area (Å²) in [5, 5.41) is 5.74. The second-order valence-corrected chi connectivity index (χ2v) is 7.90. The summed E-state index contributed by atoms with van der Waals surface area (Å²) in [7, 11) is 0. The highest BCUT2D eigenvalue weighted by Crippen LogP contribution is 2.33. The molecule has 4 N–H and O–H groups in total. The van der Waals surface area contributed by atoms with Crippen molar-refractivity contribution in [2.45, 2.75) is 32.6 Å². The van der Waals surface area contributed by atoms with Gasteiger partial charge in [0.05, 0.1) is 12.1 Å². The summed E-state index contributed by atoms with van der Waals surface area (Å²) < 4.78 is 12.5.